The fourth-order valence-corrected chi connectivity index (χ4v) is 5.25. The average molecular weight is 380 g/mol. The van der Waals surface area contributed by atoms with Crippen molar-refractivity contribution in [1.82, 2.24) is 14.9 Å². The third kappa shape index (κ3) is 4.27. The highest BCUT2D eigenvalue weighted by Gasteiger charge is 2.38. The molecule has 7 heteroatoms. The molecule has 2 heterocycles. The maximum absolute atomic E-state index is 12.7. The maximum atomic E-state index is 12.7. The summed E-state index contributed by atoms with van der Waals surface area (Å²) in [6.07, 6.45) is 3.27. The fraction of sp³-hybridized carbons (Fsp3) is 0.632. The lowest BCUT2D eigenvalue weighted by atomic mass is 9.78. The predicted molar refractivity (Wildman–Crippen MR) is 102 cm³/mol. The van der Waals surface area contributed by atoms with Gasteiger partial charge in [0.25, 0.3) is 5.91 Å². The van der Waals surface area contributed by atoms with Crippen LogP contribution in [0.25, 0.3) is 0 Å². The molecule has 1 spiro atoms. The molecule has 1 amide bonds. The highest BCUT2D eigenvalue weighted by molar-refractivity contribution is 7.89. The Labute approximate surface area is 156 Å². The zero-order chi connectivity index (χ0) is 19.0. The van der Waals surface area contributed by atoms with E-state index in [4.69, 9.17) is 0 Å². The van der Waals surface area contributed by atoms with E-state index in [1.165, 1.54) is 18.6 Å². The van der Waals surface area contributed by atoms with E-state index in [0.717, 1.165) is 39.0 Å². The second-order valence-corrected chi connectivity index (χ2v) is 10.3. The van der Waals surface area contributed by atoms with Crippen LogP contribution in [0.4, 0.5) is 0 Å². The van der Waals surface area contributed by atoms with E-state index < -0.39 is 15.6 Å². The molecule has 0 saturated carbocycles. The maximum Gasteiger partial charge on any atom is 0.253 e. The molecule has 0 radical (unpaired) electrons. The van der Waals surface area contributed by atoms with E-state index >= 15 is 0 Å². The van der Waals surface area contributed by atoms with Gasteiger partial charge in [-0.3, -0.25) is 4.79 Å². The molecule has 0 aromatic heterocycles. The van der Waals surface area contributed by atoms with Gasteiger partial charge in [0.15, 0.2) is 0 Å². The molecule has 0 aliphatic carbocycles. The summed E-state index contributed by atoms with van der Waals surface area (Å²) in [5.74, 6) is -0.0152. The first-order chi connectivity index (χ1) is 12.1. The van der Waals surface area contributed by atoms with Gasteiger partial charge in [0, 0.05) is 30.7 Å². The minimum absolute atomic E-state index is 0.0152. The van der Waals surface area contributed by atoms with Crippen molar-refractivity contribution in [1.29, 1.82) is 0 Å². The molecule has 26 heavy (non-hydrogen) atoms. The van der Waals surface area contributed by atoms with Gasteiger partial charge in [-0.05, 0) is 76.3 Å². The number of nitrogens with one attached hydrogen (secondary N) is 2. The number of sulfonamides is 1. The Morgan fingerprint density at radius 3 is 2.23 bits per heavy atom. The molecule has 0 atom stereocenters. The van der Waals surface area contributed by atoms with Crippen molar-refractivity contribution in [2.45, 2.75) is 50.5 Å². The standard InChI is InChI=1S/C19H29N3O3S/c1-18(2,3)21-26(24,25)16-6-4-15(5-7-16)17(23)22-12-9-19(10-13-22)8-11-20-14-19/h4-7,20-21H,8-14H2,1-3H3. The van der Waals surface area contributed by atoms with Gasteiger partial charge in [-0.15, -0.1) is 0 Å². The number of carbonyl (C=O) groups is 1. The quantitative estimate of drug-likeness (QED) is 0.842. The number of hydrogen-bond acceptors (Lipinski definition) is 4. The van der Waals surface area contributed by atoms with Crippen molar-refractivity contribution in [3.8, 4) is 0 Å². The van der Waals surface area contributed by atoms with Crippen LogP contribution in [-0.2, 0) is 10.0 Å². The summed E-state index contributed by atoms with van der Waals surface area (Å²) < 4.78 is 27.3. The summed E-state index contributed by atoms with van der Waals surface area (Å²) in [6.45, 7) is 9.06. The van der Waals surface area contributed by atoms with Crippen LogP contribution in [0.1, 0.15) is 50.4 Å². The molecule has 3 rings (SSSR count). The topological polar surface area (TPSA) is 78.5 Å². The molecule has 2 fully saturated rings. The number of rotatable bonds is 3. The Bertz CT molecular complexity index is 750. The van der Waals surface area contributed by atoms with Crippen LogP contribution >= 0.6 is 0 Å². The minimum atomic E-state index is -3.58. The normalized spacial score (nSPS) is 20.5. The van der Waals surface area contributed by atoms with Gasteiger partial charge in [-0.25, -0.2) is 13.1 Å². The number of amides is 1. The van der Waals surface area contributed by atoms with Crippen molar-refractivity contribution < 1.29 is 13.2 Å². The van der Waals surface area contributed by atoms with Crippen molar-refractivity contribution in [3.63, 3.8) is 0 Å². The summed E-state index contributed by atoms with van der Waals surface area (Å²) in [5.41, 5.74) is 0.361. The smallest absolute Gasteiger partial charge is 0.253 e. The molecular weight excluding hydrogens is 350 g/mol. The zero-order valence-electron chi connectivity index (χ0n) is 15.8. The molecule has 1 aromatic rings. The van der Waals surface area contributed by atoms with Crippen LogP contribution < -0.4 is 10.0 Å². The Morgan fingerprint density at radius 1 is 1.12 bits per heavy atom. The molecule has 2 N–H and O–H groups in total. The summed E-state index contributed by atoms with van der Waals surface area (Å²) in [4.78, 5) is 14.8. The van der Waals surface area contributed by atoms with Crippen molar-refractivity contribution >= 4 is 15.9 Å². The number of benzene rings is 1. The molecule has 0 bridgehead atoms. The number of hydrogen-bond donors (Lipinski definition) is 2. The first-order valence-corrected chi connectivity index (χ1v) is 10.7. The third-order valence-corrected chi connectivity index (χ3v) is 7.07. The second-order valence-electron chi connectivity index (χ2n) is 8.60. The Kier molecular flexibility index (Phi) is 5.16. The molecule has 2 aliphatic rings. The van der Waals surface area contributed by atoms with Gasteiger partial charge in [0.05, 0.1) is 4.90 Å². The van der Waals surface area contributed by atoms with Crippen molar-refractivity contribution in [2.75, 3.05) is 26.2 Å². The molecule has 6 nitrogen and oxygen atoms in total. The summed E-state index contributed by atoms with van der Waals surface area (Å²) in [6, 6.07) is 6.24. The fourth-order valence-electron chi connectivity index (χ4n) is 3.83. The molecule has 144 valence electrons. The van der Waals surface area contributed by atoms with E-state index in [9.17, 15) is 13.2 Å². The van der Waals surface area contributed by atoms with E-state index in [1.54, 1.807) is 32.9 Å². The van der Waals surface area contributed by atoms with Crippen molar-refractivity contribution in [3.05, 3.63) is 29.8 Å². The lowest BCUT2D eigenvalue weighted by Crippen LogP contribution is -2.44. The minimum Gasteiger partial charge on any atom is -0.339 e. The van der Waals surface area contributed by atoms with Gasteiger partial charge in [0.1, 0.15) is 0 Å². The van der Waals surface area contributed by atoms with Crippen molar-refractivity contribution in [2.24, 2.45) is 5.41 Å². The first-order valence-electron chi connectivity index (χ1n) is 9.24. The predicted octanol–water partition coefficient (Wildman–Crippen LogP) is 1.98. The highest BCUT2D eigenvalue weighted by Crippen LogP contribution is 2.37. The lowest BCUT2D eigenvalue weighted by Gasteiger charge is -2.38. The molecule has 0 unspecified atom stereocenters. The zero-order valence-corrected chi connectivity index (χ0v) is 16.7. The lowest BCUT2D eigenvalue weighted by molar-refractivity contribution is 0.0607. The van der Waals surface area contributed by atoms with Gasteiger partial charge < -0.3 is 10.2 Å². The average Bonchev–Trinajstić information content (AvgIpc) is 3.01. The van der Waals surface area contributed by atoms with Gasteiger partial charge >= 0.3 is 0 Å². The molecular formula is C19H29N3O3S. The van der Waals surface area contributed by atoms with Gasteiger partial charge in [-0.2, -0.15) is 0 Å². The van der Waals surface area contributed by atoms with Gasteiger partial charge in [0.2, 0.25) is 10.0 Å². The van der Waals surface area contributed by atoms with E-state index in [1.807, 2.05) is 4.90 Å². The highest BCUT2D eigenvalue weighted by atomic mass is 32.2. The number of carbonyl (C=O) groups excluding carboxylic acids is 1. The van der Waals surface area contributed by atoms with Crippen LogP contribution in [0.3, 0.4) is 0 Å². The number of nitrogens with zero attached hydrogens (tertiary/aromatic N) is 1. The molecule has 2 aliphatic heterocycles. The third-order valence-electron chi connectivity index (χ3n) is 5.30. The Balaban J connectivity index is 1.66. The summed E-state index contributed by atoms with van der Waals surface area (Å²) >= 11 is 0. The molecule has 1 aromatic carbocycles. The summed E-state index contributed by atoms with van der Waals surface area (Å²) in [5, 5.41) is 3.43. The van der Waals surface area contributed by atoms with Crippen LogP contribution in [-0.4, -0.2) is 50.9 Å². The summed E-state index contributed by atoms with van der Waals surface area (Å²) in [7, 11) is -3.58. The first kappa shape index (κ1) is 19.3. The monoisotopic (exact) mass is 379 g/mol. The largest absolute Gasteiger partial charge is 0.339 e. The van der Waals surface area contributed by atoms with E-state index in [-0.39, 0.29) is 10.8 Å². The SMILES string of the molecule is CC(C)(C)NS(=O)(=O)c1ccc(C(=O)N2CCC3(CCNC3)CC2)cc1. The van der Waals surface area contributed by atoms with E-state index in [0.29, 0.717) is 11.0 Å². The van der Waals surface area contributed by atoms with Crippen LogP contribution in [0.15, 0.2) is 29.2 Å². The Hall–Kier alpha value is -1.44. The second kappa shape index (κ2) is 6.94. The van der Waals surface area contributed by atoms with Crippen LogP contribution in [0, 0.1) is 5.41 Å². The number of likely N-dealkylation sites (tertiary alicyclic amines) is 1. The van der Waals surface area contributed by atoms with Gasteiger partial charge in [-0.1, -0.05) is 0 Å². The Morgan fingerprint density at radius 2 is 1.73 bits per heavy atom. The van der Waals surface area contributed by atoms with Crippen LogP contribution in [0.2, 0.25) is 0 Å². The van der Waals surface area contributed by atoms with Crippen LogP contribution in [0.5, 0.6) is 0 Å². The number of piperidine rings is 1. The van der Waals surface area contributed by atoms with E-state index in [2.05, 4.69) is 10.0 Å². The molecule has 2 saturated heterocycles.